The van der Waals surface area contributed by atoms with Crippen LogP contribution < -0.4 is 20.6 Å². The molecule has 10 N–H and O–H groups in total. The summed E-state index contributed by atoms with van der Waals surface area (Å²) in [6, 6.07) is 17.7. The molecule has 0 spiro atoms. The second-order valence-corrected chi connectivity index (χ2v) is 20.5. The van der Waals surface area contributed by atoms with Crippen LogP contribution in [0.4, 0.5) is 11.5 Å². The lowest BCUT2D eigenvalue weighted by Crippen LogP contribution is -2.34. The lowest BCUT2D eigenvalue weighted by atomic mass is 10.0. The number of anilines is 2. The molecule has 1 aliphatic rings. The quantitative estimate of drug-likeness (QED) is 0.0366. The van der Waals surface area contributed by atoms with Gasteiger partial charge in [0.15, 0.2) is 29.1 Å². The van der Waals surface area contributed by atoms with Gasteiger partial charge in [-0.15, -0.1) is 0 Å². The van der Waals surface area contributed by atoms with Gasteiger partial charge >= 0.3 is 31.6 Å². The second kappa shape index (κ2) is 22.9. The first-order chi connectivity index (χ1) is 35.3. The molecule has 75 heavy (non-hydrogen) atoms. The highest BCUT2D eigenvalue weighted by Crippen LogP contribution is 2.64. The van der Waals surface area contributed by atoms with Crippen molar-refractivity contribution in [2.45, 2.75) is 25.4 Å². The number of nitrogens with two attached hydrogens (primary N) is 1. The molecule has 0 radical (unpaired) electrons. The molecule has 0 bridgehead atoms. The number of phosphoric ester groups is 1. The number of hydrogen-bond acceptors (Lipinski definition) is 24. The summed E-state index contributed by atoms with van der Waals surface area (Å²) in [5, 5.41) is 60.4. The molecule has 0 fully saturated rings. The van der Waals surface area contributed by atoms with Crippen LogP contribution >= 0.6 is 23.4 Å². The third-order valence-corrected chi connectivity index (χ3v) is 14.5. The Balaban J connectivity index is 1.08. The lowest BCUT2D eigenvalue weighted by Gasteiger charge is -2.31. The van der Waals surface area contributed by atoms with Crippen molar-refractivity contribution in [2.75, 3.05) is 43.6 Å². The van der Waals surface area contributed by atoms with E-state index >= 15 is 0 Å². The van der Waals surface area contributed by atoms with E-state index in [1.54, 1.807) is 36.4 Å². The van der Waals surface area contributed by atoms with Gasteiger partial charge in [0.2, 0.25) is 6.23 Å². The SMILES string of the molecule is Nc1ncnc2c1ncn2[C@@H]1OC(COP(=O)([O-])OP(=O)([O-])OP(=O)(O)Nc2ccc(-c3cc(-c4cccc(CN(CC(=O)O)CC(=O)O)n4)nc(-c4cccc(CN(CC(=O)O)CC(=O)O)n4)c3)cc2)=C(O)C1O. The van der Waals surface area contributed by atoms with Crippen molar-refractivity contribution in [1.29, 1.82) is 0 Å². The number of benzene rings is 1. The molecule has 4 unspecified atom stereocenters. The third-order valence-electron chi connectivity index (χ3n) is 10.2. The number of aromatic nitrogens is 7. The van der Waals surface area contributed by atoms with Crippen LogP contribution in [0.1, 0.15) is 17.6 Å². The number of carboxylic acid groups (broad SMARTS) is 4. The number of aliphatic carboxylic acids is 4. The maximum absolute atomic E-state index is 13.0. The van der Waals surface area contributed by atoms with Gasteiger partial charge < -0.3 is 60.3 Å². The average Bonchev–Trinajstić information content (AvgIpc) is 3.86. The predicted octanol–water partition coefficient (Wildman–Crippen LogP) is 1.40. The number of aliphatic hydroxyl groups is 2. The van der Waals surface area contributed by atoms with Gasteiger partial charge in [-0.3, -0.25) is 47.8 Å². The first kappa shape index (κ1) is 55.1. The number of phosphoric acid groups is 2. The molecule has 5 aromatic heterocycles. The van der Waals surface area contributed by atoms with Crippen LogP contribution in [0.25, 0.3) is 45.1 Å². The number of hydrogen-bond donors (Lipinski definition) is 9. The standard InChI is InChI=1S/C41H42N11O20P3/c42-39-36-40(44-20-43-39)52(21-45-36)41-38(62)37(61)31(70-41)19-69-74(65,66)72-75(67,68)71-73(63,64)49-24-9-7-22(8-10-24)23-11-29(27-5-1-3-25(46-27)13-50(15-32(53)54)16-33(55)56)48-30(12-23)28-6-2-4-26(47-28)14-51(17-34(57)58)18-35(59)60/h1-12,20-21,38,41,61-62H,13-19H2,(H,53,54)(H,55,56)(H,57,58)(H,59,60)(H,65,66)(H,67,68)(H2,42,43,44)(H2,49,63,64)/p-2/t38?,41-/m1/s1. The first-order valence-corrected chi connectivity index (χ1v) is 25.7. The van der Waals surface area contributed by atoms with Crippen molar-refractivity contribution >= 4 is 69.9 Å². The van der Waals surface area contributed by atoms with Crippen LogP contribution in [0, 0.1) is 0 Å². The number of fused-ring (bicyclic) bond motifs is 1. The highest BCUT2D eigenvalue weighted by Gasteiger charge is 2.39. The van der Waals surface area contributed by atoms with Gasteiger partial charge in [0.25, 0.3) is 15.6 Å². The fraction of sp³-hybridized carbons (Fsp3) is 0.220. The molecule has 31 nitrogen and oxygen atoms in total. The number of pyridine rings is 3. The highest BCUT2D eigenvalue weighted by molar-refractivity contribution is 7.68. The van der Waals surface area contributed by atoms with Gasteiger partial charge in [-0.05, 0) is 59.7 Å². The lowest BCUT2D eigenvalue weighted by molar-refractivity contribution is -0.239. The summed E-state index contributed by atoms with van der Waals surface area (Å²) in [6.07, 6.45) is -1.11. The summed E-state index contributed by atoms with van der Waals surface area (Å²) in [6.45, 7) is -4.10. The van der Waals surface area contributed by atoms with Gasteiger partial charge in [-0.2, -0.15) is 0 Å². The van der Waals surface area contributed by atoms with Crippen molar-refractivity contribution in [1.82, 2.24) is 44.3 Å². The zero-order valence-electron chi connectivity index (χ0n) is 38.1. The highest BCUT2D eigenvalue weighted by atomic mass is 31.3. The Labute approximate surface area is 420 Å². The molecule has 396 valence electrons. The monoisotopic (exact) mass is 1100 g/mol. The average molecular weight is 1100 g/mol. The number of nitrogens with one attached hydrogen (secondary N) is 1. The zero-order valence-corrected chi connectivity index (χ0v) is 40.8. The Morgan fingerprint density at radius 2 is 1.25 bits per heavy atom. The van der Waals surface area contributed by atoms with E-state index in [2.05, 4.69) is 38.1 Å². The first-order valence-electron chi connectivity index (χ1n) is 21.2. The normalized spacial score (nSPS) is 17.0. The molecule has 1 aliphatic heterocycles. The van der Waals surface area contributed by atoms with E-state index in [1.165, 1.54) is 36.4 Å². The fourth-order valence-corrected chi connectivity index (χ4v) is 10.8. The summed E-state index contributed by atoms with van der Waals surface area (Å²) in [7, 11) is -17.8. The number of aliphatic hydroxyl groups excluding tert-OH is 2. The van der Waals surface area contributed by atoms with E-state index in [1.807, 2.05) is 5.09 Å². The van der Waals surface area contributed by atoms with Crippen molar-refractivity contribution in [3.63, 3.8) is 0 Å². The number of nitrogens with zero attached hydrogens (tertiary/aromatic N) is 9. The summed E-state index contributed by atoms with van der Waals surface area (Å²) in [4.78, 5) is 110. The van der Waals surface area contributed by atoms with E-state index in [9.17, 15) is 78.2 Å². The fourth-order valence-electron chi connectivity index (χ4n) is 7.24. The molecule has 0 saturated carbocycles. The summed E-state index contributed by atoms with van der Waals surface area (Å²) < 4.78 is 57.5. The number of ether oxygens (including phenoxy) is 1. The van der Waals surface area contributed by atoms with E-state index < -0.39 is 104 Å². The molecule has 1 aromatic carbocycles. The van der Waals surface area contributed by atoms with Crippen LogP contribution in [0.15, 0.2) is 97.0 Å². The van der Waals surface area contributed by atoms with E-state index in [0.29, 0.717) is 11.1 Å². The van der Waals surface area contributed by atoms with Crippen LogP contribution in [-0.4, -0.2) is 143 Å². The van der Waals surface area contributed by atoms with Gasteiger partial charge in [0.05, 0.1) is 60.3 Å². The molecule has 6 aromatic rings. The van der Waals surface area contributed by atoms with Gasteiger partial charge in [-0.25, -0.2) is 43.1 Å². The minimum absolute atomic E-state index is 0.0284. The van der Waals surface area contributed by atoms with Crippen molar-refractivity contribution in [3.05, 3.63) is 108 Å². The third kappa shape index (κ3) is 14.8. The van der Waals surface area contributed by atoms with Crippen LogP contribution in [0.5, 0.6) is 0 Å². The van der Waals surface area contributed by atoms with Gasteiger partial charge in [0, 0.05) is 18.8 Å². The number of carboxylic acids is 4. The van der Waals surface area contributed by atoms with Gasteiger partial charge in [-0.1, -0.05) is 24.3 Å². The van der Waals surface area contributed by atoms with Crippen molar-refractivity contribution < 1.29 is 96.1 Å². The zero-order chi connectivity index (χ0) is 54.4. The number of nitrogen functional groups attached to an aromatic ring is 1. The molecular weight excluding hydrogens is 1060 g/mol. The second-order valence-electron chi connectivity index (χ2n) is 15.9. The molecule has 0 amide bonds. The molecule has 6 heterocycles. The van der Waals surface area contributed by atoms with Crippen molar-refractivity contribution in [3.8, 4) is 33.9 Å². The molecule has 34 heteroatoms. The van der Waals surface area contributed by atoms with E-state index in [-0.39, 0.29) is 69.9 Å². The van der Waals surface area contributed by atoms with Crippen LogP contribution in [-0.2, 0) is 63.8 Å². The maximum Gasteiger partial charge on any atom is 0.436 e. The van der Waals surface area contributed by atoms with Crippen LogP contribution in [0.2, 0.25) is 0 Å². The summed E-state index contributed by atoms with van der Waals surface area (Å²) in [5.41, 5.74) is 7.78. The summed E-state index contributed by atoms with van der Waals surface area (Å²) >= 11 is 0. The molecule has 0 saturated heterocycles. The number of carbonyl (C=O) groups is 4. The van der Waals surface area contributed by atoms with E-state index in [4.69, 9.17) is 15.5 Å². The van der Waals surface area contributed by atoms with Crippen LogP contribution in [0.3, 0.4) is 0 Å². The number of imidazole rings is 1. The Morgan fingerprint density at radius 1 is 0.720 bits per heavy atom. The van der Waals surface area contributed by atoms with Crippen molar-refractivity contribution in [2.24, 2.45) is 0 Å². The Kier molecular flexibility index (Phi) is 16.8. The van der Waals surface area contributed by atoms with Gasteiger partial charge in [0.1, 0.15) is 24.8 Å². The Bertz CT molecular complexity index is 3220. The maximum atomic E-state index is 13.0. The minimum Gasteiger partial charge on any atom is -0.756 e. The van der Waals surface area contributed by atoms with E-state index in [0.717, 1.165) is 27.0 Å². The summed E-state index contributed by atoms with van der Waals surface area (Å²) in [5.74, 6) is -6.77. The minimum atomic E-state index is -6.28. The Morgan fingerprint density at radius 3 is 1.77 bits per heavy atom. The molecule has 7 rings (SSSR count). The smallest absolute Gasteiger partial charge is 0.436 e. The number of rotatable bonds is 25. The molecule has 0 aliphatic carbocycles. The Hall–Kier alpha value is -7.63. The molecular formula is C41H40N11O20P3-2. The largest absolute Gasteiger partial charge is 0.756 e. The molecule has 5 atom stereocenters. The topological polar surface area (TPSA) is 471 Å². The predicted molar refractivity (Wildman–Crippen MR) is 250 cm³/mol.